The van der Waals surface area contributed by atoms with Crippen LogP contribution in [0.5, 0.6) is 0 Å². The molecular weight excluding hydrogens is 296 g/mol. The van der Waals surface area contributed by atoms with Crippen LogP contribution in [0, 0.1) is 0 Å². The minimum Gasteiger partial charge on any atom is -0.308 e. The number of fused-ring (bicyclic) bond motifs is 3. The van der Waals surface area contributed by atoms with Crippen LogP contribution in [0.3, 0.4) is 0 Å². The molecule has 110 valence electrons. The van der Waals surface area contributed by atoms with Gasteiger partial charge < -0.3 is 4.57 Å². The number of benzene rings is 1. The van der Waals surface area contributed by atoms with Crippen molar-refractivity contribution in [1.29, 1.82) is 0 Å². The van der Waals surface area contributed by atoms with E-state index >= 15 is 0 Å². The topological polar surface area (TPSA) is 51.0 Å². The van der Waals surface area contributed by atoms with Gasteiger partial charge in [-0.3, -0.25) is 9.69 Å². The summed E-state index contributed by atoms with van der Waals surface area (Å²) < 4.78 is 2.11. The van der Waals surface area contributed by atoms with Crippen molar-refractivity contribution in [1.82, 2.24) is 14.5 Å². The average molecular weight is 310 g/mol. The zero-order chi connectivity index (χ0) is 14.9. The molecule has 6 heteroatoms. The van der Waals surface area contributed by atoms with E-state index < -0.39 is 0 Å². The van der Waals surface area contributed by atoms with Crippen molar-refractivity contribution in [3.8, 4) is 0 Å². The lowest BCUT2D eigenvalue weighted by Crippen LogP contribution is -2.31. The Labute approximate surface area is 132 Å². The van der Waals surface area contributed by atoms with E-state index in [4.69, 9.17) is 0 Å². The molecule has 0 N–H and O–H groups in total. The fraction of sp³-hybridized carbons (Fsp3) is 0.188. The molecule has 0 atom stereocenters. The lowest BCUT2D eigenvalue weighted by molar-refractivity contribution is -0.116. The number of anilines is 1. The molecule has 3 aromatic rings. The molecule has 0 bridgehead atoms. The highest BCUT2D eigenvalue weighted by Crippen LogP contribution is 2.28. The van der Waals surface area contributed by atoms with Crippen molar-refractivity contribution in [2.75, 3.05) is 17.2 Å². The van der Waals surface area contributed by atoms with E-state index in [1.54, 1.807) is 11.1 Å². The van der Waals surface area contributed by atoms with Crippen molar-refractivity contribution in [2.24, 2.45) is 0 Å². The standard InChI is InChI=1S/C16H14N4OS/c21-15(11-22-14-7-3-4-8-17-14)20-10-9-19-13-6-2-1-5-12(13)18-16(19)20/h1-8H,9-11H2. The fourth-order valence-corrected chi connectivity index (χ4v) is 3.41. The number of amides is 1. The first-order valence-electron chi connectivity index (χ1n) is 7.12. The molecule has 0 saturated heterocycles. The zero-order valence-electron chi connectivity index (χ0n) is 11.8. The van der Waals surface area contributed by atoms with Gasteiger partial charge in [-0.05, 0) is 24.3 Å². The van der Waals surface area contributed by atoms with Crippen LogP contribution in [0.15, 0.2) is 53.7 Å². The normalized spacial score (nSPS) is 13.5. The number of hydrogen-bond donors (Lipinski definition) is 0. The second kappa shape index (κ2) is 5.46. The number of para-hydroxylation sites is 2. The van der Waals surface area contributed by atoms with Crippen LogP contribution in [0.2, 0.25) is 0 Å². The summed E-state index contributed by atoms with van der Waals surface area (Å²) in [7, 11) is 0. The molecule has 0 fully saturated rings. The molecule has 0 saturated carbocycles. The molecule has 4 rings (SSSR count). The van der Waals surface area contributed by atoms with Crippen LogP contribution < -0.4 is 4.90 Å². The third-order valence-electron chi connectivity index (χ3n) is 3.71. The Balaban J connectivity index is 1.54. The number of pyridine rings is 1. The van der Waals surface area contributed by atoms with Gasteiger partial charge >= 0.3 is 0 Å². The molecule has 1 amide bonds. The highest BCUT2D eigenvalue weighted by atomic mass is 32.2. The summed E-state index contributed by atoms with van der Waals surface area (Å²) >= 11 is 1.46. The molecule has 3 heterocycles. The Bertz CT molecular complexity index is 831. The second-order valence-electron chi connectivity index (χ2n) is 5.05. The quantitative estimate of drug-likeness (QED) is 0.698. The van der Waals surface area contributed by atoms with Crippen LogP contribution >= 0.6 is 11.8 Å². The Hall–Kier alpha value is -2.34. The molecule has 5 nitrogen and oxygen atoms in total. The molecule has 1 aromatic carbocycles. The van der Waals surface area contributed by atoms with Gasteiger partial charge in [0.25, 0.3) is 0 Å². The van der Waals surface area contributed by atoms with Crippen molar-refractivity contribution in [2.45, 2.75) is 11.6 Å². The summed E-state index contributed by atoms with van der Waals surface area (Å²) in [6.07, 6.45) is 1.74. The largest absolute Gasteiger partial charge is 0.308 e. The maximum Gasteiger partial charge on any atom is 0.239 e. The minimum absolute atomic E-state index is 0.0738. The molecule has 2 aromatic heterocycles. The Kier molecular flexibility index (Phi) is 3.31. The van der Waals surface area contributed by atoms with Gasteiger partial charge in [0, 0.05) is 19.3 Å². The molecule has 1 aliphatic rings. The van der Waals surface area contributed by atoms with Crippen LogP contribution in [0.1, 0.15) is 0 Å². The van der Waals surface area contributed by atoms with E-state index in [0.717, 1.165) is 28.6 Å². The van der Waals surface area contributed by atoms with Crippen LogP contribution in [0.25, 0.3) is 11.0 Å². The third kappa shape index (κ3) is 2.25. The van der Waals surface area contributed by atoms with Gasteiger partial charge in [-0.1, -0.05) is 30.0 Å². The number of thioether (sulfide) groups is 1. The highest BCUT2D eigenvalue weighted by molar-refractivity contribution is 7.99. The average Bonchev–Trinajstić information content (AvgIpc) is 3.12. The predicted molar refractivity (Wildman–Crippen MR) is 87.0 cm³/mol. The summed E-state index contributed by atoms with van der Waals surface area (Å²) in [5, 5.41) is 0.864. The maximum atomic E-state index is 12.5. The molecule has 0 unspecified atom stereocenters. The van der Waals surface area contributed by atoms with E-state index in [-0.39, 0.29) is 5.91 Å². The van der Waals surface area contributed by atoms with E-state index in [9.17, 15) is 4.79 Å². The Morgan fingerprint density at radius 2 is 2.00 bits per heavy atom. The highest BCUT2D eigenvalue weighted by Gasteiger charge is 2.28. The maximum absolute atomic E-state index is 12.5. The molecule has 0 radical (unpaired) electrons. The van der Waals surface area contributed by atoms with Crippen LogP contribution in [-0.2, 0) is 11.3 Å². The number of hydrogen-bond acceptors (Lipinski definition) is 4. The van der Waals surface area contributed by atoms with E-state index in [0.29, 0.717) is 12.3 Å². The molecule has 1 aliphatic heterocycles. The van der Waals surface area contributed by atoms with Gasteiger partial charge in [-0.15, -0.1) is 0 Å². The van der Waals surface area contributed by atoms with Crippen molar-refractivity contribution in [3.63, 3.8) is 0 Å². The fourth-order valence-electron chi connectivity index (χ4n) is 2.67. The van der Waals surface area contributed by atoms with Crippen molar-refractivity contribution in [3.05, 3.63) is 48.7 Å². The molecule has 0 aliphatic carbocycles. The molecule has 22 heavy (non-hydrogen) atoms. The van der Waals surface area contributed by atoms with Crippen molar-refractivity contribution >= 4 is 34.7 Å². The molecular formula is C16H14N4OS. The van der Waals surface area contributed by atoms with Crippen molar-refractivity contribution < 1.29 is 4.79 Å². The van der Waals surface area contributed by atoms with E-state index in [2.05, 4.69) is 14.5 Å². The first-order valence-corrected chi connectivity index (χ1v) is 8.11. The Morgan fingerprint density at radius 3 is 2.86 bits per heavy atom. The summed E-state index contributed by atoms with van der Waals surface area (Å²) in [5.41, 5.74) is 2.03. The van der Waals surface area contributed by atoms with E-state index in [1.165, 1.54) is 11.8 Å². The predicted octanol–water partition coefficient (Wildman–Crippen LogP) is 2.57. The summed E-state index contributed by atoms with van der Waals surface area (Å²) in [5.74, 6) is 1.21. The SMILES string of the molecule is O=C(CSc1ccccn1)N1CCn2c1nc1ccccc12. The second-order valence-corrected chi connectivity index (χ2v) is 6.05. The Morgan fingerprint density at radius 1 is 1.14 bits per heavy atom. The number of rotatable bonds is 3. The van der Waals surface area contributed by atoms with Gasteiger partial charge in [-0.25, -0.2) is 9.97 Å². The van der Waals surface area contributed by atoms with E-state index in [1.807, 2.05) is 42.5 Å². The number of carbonyl (C=O) groups excluding carboxylic acids is 1. The first kappa shape index (κ1) is 13.3. The lowest BCUT2D eigenvalue weighted by Gasteiger charge is -2.13. The van der Waals surface area contributed by atoms with Crippen LogP contribution in [0.4, 0.5) is 5.95 Å². The number of imidazole rings is 1. The molecule has 0 spiro atoms. The lowest BCUT2D eigenvalue weighted by atomic mass is 10.3. The van der Waals surface area contributed by atoms with Gasteiger partial charge in [0.1, 0.15) is 0 Å². The third-order valence-corrected chi connectivity index (χ3v) is 4.63. The van der Waals surface area contributed by atoms with Gasteiger partial charge in [-0.2, -0.15) is 0 Å². The van der Waals surface area contributed by atoms with Gasteiger partial charge in [0.15, 0.2) is 0 Å². The smallest absolute Gasteiger partial charge is 0.239 e. The monoisotopic (exact) mass is 310 g/mol. The summed E-state index contributed by atoms with van der Waals surface area (Å²) in [4.78, 5) is 23.1. The number of nitrogens with zero attached hydrogens (tertiary/aromatic N) is 4. The van der Waals surface area contributed by atoms with Gasteiger partial charge in [0.2, 0.25) is 11.9 Å². The summed E-state index contributed by atoms with van der Waals surface area (Å²) in [6.45, 7) is 1.49. The number of aromatic nitrogens is 3. The zero-order valence-corrected chi connectivity index (χ0v) is 12.7. The number of carbonyl (C=O) groups is 1. The summed E-state index contributed by atoms with van der Waals surface area (Å²) in [6, 6.07) is 13.7. The minimum atomic E-state index is 0.0738. The van der Waals surface area contributed by atoms with Crippen LogP contribution in [-0.4, -0.2) is 32.7 Å². The van der Waals surface area contributed by atoms with Gasteiger partial charge in [0.05, 0.1) is 21.8 Å². The first-order chi connectivity index (χ1) is 10.8.